The summed E-state index contributed by atoms with van der Waals surface area (Å²) in [6, 6.07) is 2.36. The summed E-state index contributed by atoms with van der Waals surface area (Å²) in [4.78, 5) is 16.9. The maximum Gasteiger partial charge on any atom is 0.211 e. The molecule has 10 nitrogen and oxygen atoms in total. The number of rotatable bonds is 5. The molecule has 0 radical (unpaired) electrons. The van der Waals surface area contributed by atoms with Crippen molar-refractivity contribution in [1.29, 1.82) is 0 Å². The number of thiophene rings is 1. The Bertz CT molecular complexity index is 1310. The van der Waals surface area contributed by atoms with Gasteiger partial charge in [-0.05, 0) is 6.07 Å². The molecule has 0 saturated carbocycles. The lowest BCUT2D eigenvalue weighted by Gasteiger charge is -2.32. The third-order valence-electron chi connectivity index (χ3n) is 6.97. The minimum absolute atomic E-state index is 0.126. The summed E-state index contributed by atoms with van der Waals surface area (Å²) >= 11 is 1.70. The molecule has 1 aliphatic carbocycles. The molecule has 4 aliphatic rings. The highest BCUT2D eigenvalue weighted by molar-refractivity contribution is 7.88. The molecule has 1 N–H and O–H groups in total. The quantitative estimate of drug-likeness (QED) is 0.632. The van der Waals surface area contributed by atoms with Gasteiger partial charge in [0.05, 0.1) is 36.8 Å². The highest BCUT2D eigenvalue weighted by atomic mass is 32.2. The molecule has 2 saturated heterocycles. The summed E-state index contributed by atoms with van der Waals surface area (Å²) in [6.07, 6.45) is 9.50. The molecule has 6 rings (SSSR count). The van der Waals surface area contributed by atoms with Crippen molar-refractivity contribution in [2.24, 2.45) is 11.0 Å². The number of nitrogens with zero attached hydrogens (tertiary/aromatic N) is 6. The van der Waals surface area contributed by atoms with Crippen molar-refractivity contribution in [2.45, 2.75) is 12.6 Å². The smallest absolute Gasteiger partial charge is 0.211 e. The largest absolute Gasteiger partial charge is 0.378 e. The maximum absolute atomic E-state index is 11.8. The van der Waals surface area contributed by atoms with Crippen LogP contribution in [0.5, 0.6) is 0 Å². The molecule has 2 unspecified atom stereocenters. The average Bonchev–Trinajstić information content (AvgIpc) is 3.50. The van der Waals surface area contributed by atoms with Gasteiger partial charge < -0.3 is 15.1 Å². The standard InChI is InChI=1S/C23H29N7O3S2/c1-35(31,32)30-7-5-28(6-8-30)15-16-13-18-22(29-9-11-33-12-10-29)25-21(26-23(18)34-16)17-3-2-4-20-19(17)14-24-27-20/h2-4,13-14,19-20,27H,5-12,15H2,1H3. The van der Waals surface area contributed by atoms with Crippen LogP contribution in [0.1, 0.15) is 10.7 Å². The monoisotopic (exact) mass is 515 g/mol. The van der Waals surface area contributed by atoms with Crippen LogP contribution in [0.4, 0.5) is 5.82 Å². The van der Waals surface area contributed by atoms with Crippen molar-refractivity contribution in [3.05, 3.63) is 35.0 Å². The van der Waals surface area contributed by atoms with Gasteiger partial charge in [0.1, 0.15) is 10.6 Å². The Morgan fingerprint density at radius 2 is 1.94 bits per heavy atom. The lowest BCUT2D eigenvalue weighted by molar-refractivity contribution is 0.122. The van der Waals surface area contributed by atoms with E-state index in [-0.39, 0.29) is 12.0 Å². The van der Waals surface area contributed by atoms with E-state index in [2.05, 4.69) is 44.6 Å². The van der Waals surface area contributed by atoms with E-state index in [1.807, 2.05) is 6.21 Å². The number of allylic oxidation sites excluding steroid dienone is 2. The van der Waals surface area contributed by atoms with Crippen molar-refractivity contribution in [2.75, 3.05) is 63.6 Å². The van der Waals surface area contributed by atoms with Crippen molar-refractivity contribution in [1.82, 2.24) is 24.6 Å². The highest BCUT2D eigenvalue weighted by Crippen LogP contribution is 2.36. The minimum atomic E-state index is -3.13. The zero-order chi connectivity index (χ0) is 24.0. The average molecular weight is 516 g/mol. The first-order valence-corrected chi connectivity index (χ1v) is 14.6. The molecule has 0 spiro atoms. The zero-order valence-electron chi connectivity index (χ0n) is 19.6. The van der Waals surface area contributed by atoms with Gasteiger partial charge in [-0.3, -0.25) is 4.90 Å². The Kier molecular flexibility index (Phi) is 6.09. The molecule has 3 aliphatic heterocycles. The van der Waals surface area contributed by atoms with Crippen molar-refractivity contribution in [3.8, 4) is 0 Å². The summed E-state index contributed by atoms with van der Waals surface area (Å²) in [5.74, 6) is 1.84. The van der Waals surface area contributed by atoms with E-state index in [0.717, 1.165) is 60.2 Å². The number of fused-ring (bicyclic) bond motifs is 2. The second-order valence-corrected chi connectivity index (χ2v) is 12.4. The number of ether oxygens (including phenoxy) is 1. The predicted octanol–water partition coefficient (Wildman–Crippen LogP) is 1.13. The Labute approximate surface area is 209 Å². The number of hydrogen-bond donors (Lipinski definition) is 1. The van der Waals surface area contributed by atoms with Crippen LogP contribution in [0.2, 0.25) is 0 Å². The van der Waals surface area contributed by atoms with Crippen molar-refractivity contribution >= 4 is 49.2 Å². The molecule has 0 aromatic carbocycles. The van der Waals surface area contributed by atoms with Crippen LogP contribution in [-0.2, 0) is 21.3 Å². The van der Waals surface area contributed by atoms with Gasteiger partial charge in [-0.1, -0.05) is 18.2 Å². The second-order valence-electron chi connectivity index (χ2n) is 9.31. The Balaban J connectivity index is 1.32. The Morgan fingerprint density at radius 3 is 2.71 bits per heavy atom. The molecular weight excluding hydrogens is 486 g/mol. The fourth-order valence-corrected chi connectivity index (χ4v) is 6.94. The lowest BCUT2D eigenvalue weighted by atomic mass is 9.89. The lowest BCUT2D eigenvalue weighted by Crippen LogP contribution is -2.47. The van der Waals surface area contributed by atoms with Crippen LogP contribution in [0.25, 0.3) is 15.8 Å². The van der Waals surface area contributed by atoms with Crippen LogP contribution in [0.15, 0.2) is 29.4 Å². The van der Waals surface area contributed by atoms with Gasteiger partial charge >= 0.3 is 0 Å². The minimum Gasteiger partial charge on any atom is -0.378 e. The molecule has 5 heterocycles. The highest BCUT2D eigenvalue weighted by Gasteiger charge is 2.31. The van der Waals surface area contributed by atoms with E-state index in [1.165, 1.54) is 11.1 Å². The van der Waals surface area contributed by atoms with E-state index in [9.17, 15) is 8.42 Å². The number of hydrogen-bond acceptors (Lipinski definition) is 10. The normalized spacial score (nSPS) is 25.6. The second kappa shape index (κ2) is 9.25. The zero-order valence-corrected chi connectivity index (χ0v) is 21.3. The number of nitrogens with one attached hydrogen (secondary N) is 1. The van der Waals surface area contributed by atoms with Gasteiger partial charge in [0.15, 0.2) is 5.82 Å². The number of aromatic nitrogens is 2. The molecule has 2 aromatic heterocycles. The third kappa shape index (κ3) is 4.60. The van der Waals surface area contributed by atoms with Gasteiger partial charge in [0, 0.05) is 62.5 Å². The van der Waals surface area contributed by atoms with Gasteiger partial charge in [0.2, 0.25) is 10.0 Å². The summed E-state index contributed by atoms with van der Waals surface area (Å²) in [6.45, 7) is 6.29. The van der Waals surface area contributed by atoms with E-state index < -0.39 is 10.0 Å². The number of morpholine rings is 1. The van der Waals surface area contributed by atoms with E-state index in [4.69, 9.17) is 14.7 Å². The summed E-state index contributed by atoms with van der Waals surface area (Å²) in [5, 5.41) is 5.35. The first-order valence-electron chi connectivity index (χ1n) is 11.9. The van der Waals surface area contributed by atoms with Gasteiger partial charge in [-0.25, -0.2) is 18.4 Å². The molecular formula is C23H29N7O3S2. The molecule has 12 heteroatoms. The fourth-order valence-electron chi connectivity index (χ4n) is 5.05. The fraction of sp³-hybridized carbons (Fsp3) is 0.522. The molecule has 0 bridgehead atoms. The number of piperazine rings is 1. The Morgan fingerprint density at radius 1 is 1.14 bits per heavy atom. The number of sulfonamides is 1. The van der Waals surface area contributed by atoms with Crippen LogP contribution < -0.4 is 10.3 Å². The summed E-state index contributed by atoms with van der Waals surface area (Å²) < 4.78 is 30.8. The van der Waals surface area contributed by atoms with Crippen molar-refractivity contribution in [3.63, 3.8) is 0 Å². The predicted molar refractivity (Wildman–Crippen MR) is 138 cm³/mol. The van der Waals surface area contributed by atoms with Crippen LogP contribution in [0, 0.1) is 5.92 Å². The summed E-state index contributed by atoms with van der Waals surface area (Å²) in [7, 11) is -3.13. The first kappa shape index (κ1) is 23.0. The van der Waals surface area contributed by atoms with Crippen LogP contribution in [-0.4, -0.2) is 98.6 Å². The molecule has 2 atom stereocenters. The molecule has 186 valence electrons. The topological polar surface area (TPSA) is 103 Å². The van der Waals surface area contributed by atoms with E-state index in [0.29, 0.717) is 26.3 Å². The molecule has 2 fully saturated rings. The van der Waals surface area contributed by atoms with E-state index in [1.54, 1.807) is 15.6 Å². The van der Waals surface area contributed by atoms with Gasteiger partial charge in [-0.15, -0.1) is 11.3 Å². The summed E-state index contributed by atoms with van der Waals surface area (Å²) in [5.41, 5.74) is 4.23. The van der Waals surface area contributed by atoms with Crippen LogP contribution in [0.3, 0.4) is 0 Å². The van der Waals surface area contributed by atoms with Gasteiger partial charge in [0.25, 0.3) is 0 Å². The SMILES string of the molecule is CS(=O)(=O)N1CCN(Cc2cc3c(N4CCOCC4)nc(C4=CC=CC5NN=CC45)nc3s2)CC1. The number of anilines is 1. The third-order valence-corrected chi connectivity index (χ3v) is 9.29. The molecule has 2 aromatic rings. The van der Waals surface area contributed by atoms with Gasteiger partial charge in [-0.2, -0.15) is 9.41 Å². The molecule has 0 amide bonds. The van der Waals surface area contributed by atoms with E-state index >= 15 is 0 Å². The number of hydrazone groups is 1. The van der Waals surface area contributed by atoms with Crippen molar-refractivity contribution < 1.29 is 13.2 Å². The van der Waals surface area contributed by atoms with Crippen LogP contribution >= 0.6 is 11.3 Å². The molecule has 35 heavy (non-hydrogen) atoms. The maximum atomic E-state index is 11.8. The Hall–Kier alpha value is -2.38. The first-order chi connectivity index (χ1) is 17.0.